The van der Waals surface area contributed by atoms with Gasteiger partial charge < -0.3 is 10.6 Å². The Morgan fingerprint density at radius 2 is 2.00 bits per heavy atom. The lowest BCUT2D eigenvalue weighted by Crippen LogP contribution is -2.26. The number of aromatic nitrogens is 2. The van der Waals surface area contributed by atoms with Crippen LogP contribution in [0.5, 0.6) is 0 Å². The molecular weight excluding hydrogens is 188 g/mol. The molecule has 0 bridgehead atoms. The van der Waals surface area contributed by atoms with E-state index in [2.05, 4.69) is 48.0 Å². The lowest BCUT2D eigenvalue weighted by atomic mass is 10.1. The van der Waals surface area contributed by atoms with Crippen molar-refractivity contribution in [2.45, 2.75) is 26.3 Å². The van der Waals surface area contributed by atoms with Crippen LogP contribution in [0.4, 0.5) is 11.6 Å². The van der Waals surface area contributed by atoms with Crippen LogP contribution in [0.2, 0.25) is 0 Å². The Morgan fingerprint density at radius 3 is 2.60 bits per heavy atom. The fourth-order valence-corrected chi connectivity index (χ4v) is 1.08. The molecular formula is C11H18N4. The smallest absolute Gasteiger partial charge is 0.131 e. The van der Waals surface area contributed by atoms with Crippen molar-refractivity contribution in [2.75, 3.05) is 17.2 Å². The highest BCUT2D eigenvalue weighted by atomic mass is 15.1. The Morgan fingerprint density at radius 1 is 1.33 bits per heavy atom. The van der Waals surface area contributed by atoms with Crippen LogP contribution < -0.4 is 10.6 Å². The molecule has 82 valence electrons. The third kappa shape index (κ3) is 4.44. The van der Waals surface area contributed by atoms with Gasteiger partial charge in [0.15, 0.2) is 0 Å². The van der Waals surface area contributed by atoms with E-state index in [0.717, 1.165) is 11.6 Å². The zero-order valence-electron chi connectivity index (χ0n) is 9.54. The highest BCUT2D eigenvalue weighted by Gasteiger charge is 2.10. The largest absolute Gasteiger partial charge is 0.366 e. The van der Waals surface area contributed by atoms with Crippen molar-refractivity contribution < 1.29 is 0 Å². The monoisotopic (exact) mass is 206 g/mol. The second kappa shape index (κ2) is 4.77. The summed E-state index contributed by atoms with van der Waals surface area (Å²) in [5.74, 6) is 1.63. The summed E-state index contributed by atoms with van der Waals surface area (Å²) in [6.07, 6.45) is 3.33. The molecule has 2 N–H and O–H groups in total. The molecule has 0 saturated heterocycles. The Kier molecular flexibility index (Phi) is 3.66. The van der Waals surface area contributed by atoms with Crippen molar-refractivity contribution in [3.05, 3.63) is 25.0 Å². The molecule has 4 nitrogen and oxygen atoms in total. The number of hydrogen-bond acceptors (Lipinski definition) is 4. The van der Waals surface area contributed by atoms with E-state index >= 15 is 0 Å². The predicted octanol–water partition coefficient (Wildman–Crippen LogP) is 2.28. The standard InChI is InChI=1S/C11H18N4/c1-5-6-12-9-7-10(14-8-13-9)15-11(2,3)4/h5,7-8H,1,6H2,2-4H3,(H2,12,13,14,15). The molecule has 4 heteroatoms. The van der Waals surface area contributed by atoms with Gasteiger partial charge >= 0.3 is 0 Å². The van der Waals surface area contributed by atoms with E-state index in [9.17, 15) is 0 Å². The second-order valence-corrected chi connectivity index (χ2v) is 4.33. The number of nitrogens with one attached hydrogen (secondary N) is 2. The van der Waals surface area contributed by atoms with E-state index in [4.69, 9.17) is 0 Å². The molecule has 1 aromatic heterocycles. The topological polar surface area (TPSA) is 49.8 Å². The number of rotatable bonds is 4. The van der Waals surface area contributed by atoms with Crippen molar-refractivity contribution in [1.82, 2.24) is 9.97 Å². The third-order valence-corrected chi connectivity index (χ3v) is 1.60. The Bertz CT molecular complexity index is 328. The van der Waals surface area contributed by atoms with Crippen LogP contribution in [0, 0.1) is 0 Å². The summed E-state index contributed by atoms with van der Waals surface area (Å²) in [7, 11) is 0. The zero-order chi connectivity index (χ0) is 11.3. The summed E-state index contributed by atoms with van der Waals surface area (Å²) in [6.45, 7) is 10.6. The van der Waals surface area contributed by atoms with Gasteiger partial charge in [-0.25, -0.2) is 9.97 Å². The molecule has 1 rings (SSSR count). The molecule has 1 aromatic rings. The van der Waals surface area contributed by atoms with E-state index in [1.54, 1.807) is 12.4 Å². The Labute approximate surface area is 90.8 Å². The normalized spacial score (nSPS) is 10.9. The van der Waals surface area contributed by atoms with Crippen LogP contribution >= 0.6 is 0 Å². The van der Waals surface area contributed by atoms with E-state index in [1.807, 2.05) is 6.07 Å². The SMILES string of the molecule is C=CCNc1cc(NC(C)(C)C)ncn1. The van der Waals surface area contributed by atoms with Gasteiger partial charge in [-0.3, -0.25) is 0 Å². The minimum atomic E-state index is 0.00403. The molecule has 0 amide bonds. The van der Waals surface area contributed by atoms with Crippen molar-refractivity contribution in [1.29, 1.82) is 0 Å². The predicted molar refractivity (Wildman–Crippen MR) is 64.1 cm³/mol. The molecule has 0 aliphatic carbocycles. The quantitative estimate of drug-likeness (QED) is 0.742. The fraction of sp³-hybridized carbons (Fsp3) is 0.455. The Balaban J connectivity index is 2.69. The highest BCUT2D eigenvalue weighted by Crippen LogP contribution is 2.13. The van der Waals surface area contributed by atoms with Crippen LogP contribution in [0.1, 0.15) is 20.8 Å². The van der Waals surface area contributed by atoms with Gasteiger partial charge in [0.25, 0.3) is 0 Å². The average Bonchev–Trinajstić information content (AvgIpc) is 2.12. The van der Waals surface area contributed by atoms with E-state index in [0.29, 0.717) is 6.54 Å². The van der Waals surface area contributed by atoms with Gasteiger partial charge in [-0.15, -0.1) is 6.58 Å². The number of nitrogens with zero attached hydrogens (tertiary/aromatic N) is 2. The first-order valence-electron chi connectivity index (χ1n) is 4.96. The van der Waals surface area contributed by atoms with Crippen LogP contribution in [0.15, 0.2) is 25.0 Å². The summed E-state index contributed by atoms with van der Waals surface area (Å²) in [5.41, 5.74) is 0.00403. The van der Waals surface area contributed by atoms with Crippen molar-refractivity contribution >= 4 is 11.6 Å². The first-order chi connectivity index (χ1) is 7.01. The van der Waals surface area contributed by atoms with Crippen LogP contribution in [0.25, 0.3) is 0 Å². The summed E-state index contributed by atoms with van der Waals surface area (Å²) < 4.78 is 0. The summed E-state index contributed by atoms with van der Waals surface area (Å²) in [6, 6.07) is 1.88. The van der Waals surface area contributed by atoms with Gasteiger partial charge in [0.2, 0.25) is 0 Å². The summed E-state index contributed by atoms with van der Waals surface area (Å²) >= 11 is 0. The van der Waals surface area contributed by atoms with Crippen molar-refractivity contribution in [3.63, 3.8) is 0 Å². The lowest BCUT2D eigenvalue weighted by Gasteiger charge is -2.21. The summed E-state index contributed by atoms with van der Waals surface area (Å²) in [4.78, 5) is 8.24. The third-order valence-electron chi connectivity index (χ3n) is 1.60. The lowest BCUT2D eigenvalue weighted by molar-refractivity contribution is 0.630. The number of hydrogen-bond donors (Lipinski definition) is 2. The zero-order valence-corrected chi connectivity index (χ0v) is 9.54. The molecule has 0 fully saturated rings. The molecule has 1 heterocycles. The van der Waals surface area contributed by atoms with Crippen LogP contribution in [0.3, 0.4) is 0 Å². The summed E-state index contributed by atoms with van der Waals surface area (Å²) in [5, 5.41) is 6.39. The van der Waals surface area contributed by atoms with Gasteiger partial charge in [-0.1, -0.05) is 6.08 Å². The van der Waals surface area contributed by atoms with E-state index in [-0.39, 0.29) is 5.54 Å². The first kappa shape index (κ1) is 11.5. The molecule has 0 aromatic carbocycles. The Hall–Kier alpha value is -1.58. The molecule has 0 unspecified atom stereocenters. The molecule has 0 spiro atoms. The molecule has 15 heavy (non-hydrogen) atoms. The number of anilines is 2. The van der Waals surface area contributed by atoms with Crippen LogP contribution in [-0.2, 0) is 0 Å². The maximum atomic E-state index is 4.14. The van der Waals surface area contributed by atoms with Gasteiger partial charge in [0.05, 0.1) is 0 Å². The van der Waals surface area contributed by atoms with E-state index < -0.39 is 0 Å². The van der Waals surface area contributed by atoms with Gasteiger partial charge in [0, 0.05) is 18.2 Å². The first-order valence-corrected chi connectivity index (χ1v) is 4.96. The maximum Gasteiger partial charge on any atom is 0.131 e. The molecule has 0 aliphatic heterocycles. The molecule has 0 atom stereocenters. The average molecular weight is 206 g/mol. The van der Waals surface area contributed by atoms with Crippen molar-refractivity contribution in [2.24, 2.45) is 0 Å². The molecule has 0 aliphatic rings. The van der Waals surface area contributed by atoms with E-state index in [1.165, 1.54) is 0 Å². The fourth-order valence-electron chi connectivity index (χ4n) is 1.08. The van der Waals surface area contributed by atoms with Gasteiger partial charge in [0.1, 0.15) is 18.0 Å². The molecule has 0 saturated carbocycles. The maximum absolute atomic E-state index is 4.14. The van der Waals surface area contributed by atoms with Crippen LogP contribution in [-0.4, -0.2) is 22.1 Å². The van der Waals surface area contributed by atoms with Gasteiger partial charge in [-0.05, 0) is 20.8 Å². The minimum absolute atomic E-state index is 0.00403. The molecule has 0 radical (unpaired) electrons. The van der Waals surface area contributed by atoms with Gasteiger partial charge in [-0.2, -0.15) is 0 Å². The highest BCUT2D eigenvalue weighted by molar-refractivity contribution is 5.47. The minimum Gasteiger partial charge on any atom is -0.366 e. The second-order valence-electron chi connectivity index (χ2n) is 4.33. The van der Waals surface area contributed by atoms with Crippen molar-refractivity contribution in [3.8, 4) is 0 Å².